The molecule has 0 amide bonds. The lowest BCUT2D eigenvalue weighted by Crippen LogP contribution is -2.26. The van der Waals surface area contributed by atoms with Crippen LogP contribution >= 0.6 is 15.9 Å². The number of aromatic nitrogens is 2. The molecule has 130 valence electrons. The Bertz CT molecular complexity index is 967. The second-order valence-corrected chi connectivity index (χ2v) is 8.55. The fourth-order valence-electron chi connectivity index (χ4n) is 2.20. The molecule has 6 nitrogen and oxygen atoms in total. The Kier molecular flexibility index (Phi) is 5.03. The zero-order chi connectivity index (χ0) is 18.0. The van der Waals surface area contributed by atoms with Gasteiger partial charge in [0.15, 0.2) is 0 Å². The molecule has 0 fully saturated rings. The van der Waals surface area contributed by atoms with Gasteiger partial charge in [-0.3, -0.25) is 0 Å². The van der Waals surface area contributed by atoms with Crippen LogP contribution in [-0.2, 0) is 16.6 Å². The lowest BCUT2D eigenvalue weighted by Gasteiger charge is -2.15. The largest absolute Gasteiger partial charge is 0.338 e. The number of rotatable bonds is 5. The van der Waals surface area contributed by atoms with Crippen molar-refractivity contribution in [1.29, 1.82) is 0 Å². The molecular weight excluding hydrogens is 406 g/mol. The van der Waals surface area contributed by atoms with E-state index in [0.717, 1.165) is 15.6 Å². The molecule has 0 aliphatic carbocycles. The van der Waals surface area contributed by atoms with Crippen molar-refractivity contribution >= 4 is 26.0 Å². The highest BCUT2D eigenvalue weighted by atomic mass is 79.9. The van der Waals surface area contributed by atoms with E-state index in [1.807, 2.05) is 31.2 Å². The first-order chi connectivity index (χ1) is 11.9. The standard InChI is InChI=1S/C17H16BrN3O3S/c1-12-3-5-13(6-4-12)17-19-16(24-20-17)11-21(2)25(22,23)15-9-7-14(18)8-10-15/h3-10H,11H2,1-2H3. The molecular formula is C17H16BrN3O3S. The number of nitrogens with zero attached hydrogens (tertiary/aromatic N) is 3. The van der Waals surface area contributed by atoms with Gasteiger partial charge in [0.1, 0.15) is 0 Å². The monoisotopic (exact) mass is 421 g/mol. The Balaban J connectivity index is 1.78. The van der Waals surface area contributed by atoms with Crippen LogP contribution in [0.1, 0.15) is 11.5 Å². The molecule has 3 rings (SSSR count). The summed E-state index contributed by atoms with van der Waals surface area (Å²) < 4.78 is 32.4. The summed E-state index contributed by atoms with van der Waals surface area (Å²) in [6.07, 6.45) is 0. The molecule has 0 atom stereocenters. The minimum absolute atomic E-state index is 0.00272. The summed E-state index contributed by atoms with van der Waals surface area (Å²) >= 11 is 3.29. The Labute approximate surface area is 154 Å². The summed E-state index contributed by atoms with van der Waals surface area (Å²) in [7, 11) is -2.15. The average Bonchev–Trinajstić information content (AvgIpc) is 3.04. The maximum Gasteiger partial charge on any atom is 0.243 e. The Hall–Kier alpha value is -2.03. The second kappa shape index (κ2) is 7.07. The minimum atomic E-state index is -3.63. The van der Waals surface area contributed by atoms with Crippen molar-refractivity contribution in [2.24, 2.45) is 0 Å². The highest BCUT2D eigenvalue weighted by Gasteiger charge is 2.23. The van der Waals surface area contributed by atoms with Crippen LogP contribution in [-0.4, -0.2) is 29.9 Å². The summed E-state index contributed by atoms with van der Waals surface area (Å²) in [4.78, 5) is 4.49. The third-order valence-electron chi connectivity index (χ3n) is 3.66. The van der Waals surface area contributed by atoms with Gasteiger partial charge in [0.25, 0.3) is 0 Å². The van der Waals surface area contributed by atoms with Crippen molar-refractivity contribution in [3.63, 3.8) is 0 Å². The summed E-state index contributed by atoms with van der Waals surface area (Å²) in [5.41, 5.74) is 1.95. The highest BCUT2D eigenvalue weighted by molar-refractivity contribution is 9.10. The van der Waals surface area contributed by atoms with Crippen LogP contribution in [0.15, 0.2) is 62.4 Å². The molecule has 0 saturated heterocycles. The lowest BCUT2D eigenvalue weighted by molar-refractivity contribution is 0.337. The van der Waals surface area contributed by atoms with Crippen molar-refractivity contribution in [3.8, 4) is 11.4 Å². The van der Waals surface area contributed by atoms with Gasteiger partial charge < -0.3 is 4.52 Å². The molecule has 0 N–H and O–H groups in total. The molecule has 1 aromatic heterocycles. The number of hydrogen-bond donors (Lipinski definition) is 0. The van der Waals surface area contributed by atoms with E-state index in [4.69, 9.17) is 4.52 Å². The van der Waals surface area contributed by atoms with Gasteiger partial charge in [-0.15, -0.1) is 0 Å². The van der Waals surface area contributed by atoms with Gasteiger partial charge in [-0.25, -0.2) is 8.42 Å². The maximum atomic E-state index is 12.6. The van der Waals surface area contributed by atoms with E-state index in [9.17, 15) is 8.42 Å². The fraction of sp³-hybridized carbons (Fsp3) is 0.176. The van der Waals surface area contributed by atoms with Gasteiger partial charge in [-0.2, -0.15) is 9.29 Å². The molecule has 25 heavy (non-hydrogen) atoms. The topological polar surface area (TPSA) is 76.3 Å². The third-order valence-corrected chi connectivity index (χ3v) is 6.00. The van der Waals surface area contributed by atoms with Crippen molar-refractivity contribution in [1.82, 2.24) is 14.4 Å². The molecule has 0 aliphatic heterocycles. The highest BCUT2D eigenvalue weighted by Crippen LogP contribution is 2.21. The molecule has 2 aromatic carbocycles. The van der Waals surface area contributed by atoms with Gasteiger partial charge in [0.2, 0.25) is 21.7 Å². The van der Waals surface area contributed by atoms with Gasteiger partial charge in [-0.1, -0.05) is 50.9 Å². The number of aryl methyl sites for hydroxylation is 1. The normalized spacial score (nSPS) is 11.8. The molecule has 3 aromatic rings. The predicted molar refractivity (Wildman–Crippen MR) is 97.3 cm³/mol. The van der Waals surface area contributed by atoms with Crippen LogP contribution in [0.2, 0.25) is 0 Å². The van der Waals surface area contributed by atoms with Crippen LogP contribution in [0.25, 0.3) is 11.4 Å². The van der Waals surface area contributed by atoms with E-state index >= 15 is 0 Å². The van der Waals surface area contributed by atoms with Gasteiger partial charge in [0, 0.05) is 17.1 Å². The lowest BCUT2D eigenvalue weighted by atomic mass is 10.1. The van der Waals surface area contributed by atoms with E-state index in [1.54, 1.807) is 24.3 Å². The molecule has 0 unspecified atom stereocenters. The minimum Gasteiger partial charge on any atom is -0.338 e. The van der Waals surface area contributed by atoms with E-state index in [2.05, 4.69) is 26.1 Å². The Morgan fingerprint density at radius 1 is 1.08 bits per heavy atom. The van der Waals surface area contributed by atoms with E-state index in [-0.39, 0.29) is 17.3 Å². The first-order valence-electron chi connectivity index (χ1n) is 7.48. The Morgan fingerprint density at radius 3 is 2.36 bits per heavy atom. The van der Waals surface area contributed by atoms with Gasteiger partial charge in [-0.05, 0) is 31.2 Å². The molecule has 0 saturated carbocycles. The summed E-state index contributed by atoms with van der Waals surface area (Å²) in [6.45, 7) is 1.99. The number of sulfonamides is 1. The molecule has 0 spiro atoms. The van der Waals surface area contributed by atoms with Gasteiger partial charge >= 0.3 is 0 Å². The van der Waals surface area contributed by atoms with E-state index in [0.29, 0.717) is 5.82 Å². The van der Waals surface area contributed by atoms with Crippen LogP contribution < -0.4 is 0 Å². The quantitative estimate of drug-likeness (QED) is 0.628. The summed E-state index contributed by atoms with van der Waals surface area (Å²) in [5.74, 6) is 0.670. The van der Waals surface area contributed by atoms with Crippen LogP contribution in [0, 0.1) is 6.92 Å². The average molecular weight is 422 g/mol. The zero-order valence-corrected chi connectivity index (χ0v) is 16.1. The third kappa shape index (κ3) is 3.97. The number of halogens is 1. The predicted octanol–water partition coefficient (Wildman–Crippen LogP) is 3.63. The van der Waals surface area contributed by atoms with Crippen LogP contribution in [0.5, 0.6) is 0 Å². The van der Waals surface area contributed by atoms with Crippen molar-refractivity contribution < 1.29 is 12.9 Å². The van der Waals surface area contributed by atoms with E-state index in [1.165, 1.54) is 11.4 Å². The van der Waals surface area contributed by atoms with Gasteiger partial charge in [0.05, 0.1) is 11.4 Å². The maximum absolute atomic E-state index is 12.6. The molecule has 0 bridgehead atoms. The van der Waals surface area contributed by atoms with Crippen LogP contribution in [0.3, 0.4) is 0 Å². The van der Waals surface area contributed by atoms with E-state index < -0.39 is 10.0 Å². The van der Waals surface area contributed by atoms with Crippen molar-refractivity contribution in [2.45, 2.75) is 18.4 Å². The smallest absolute Gasteiger partial charge is 0.243 e. The second-order valence-electron chi connectivity index (χ2n) is 5.59. The molecule has 1 heterocycles. The zero-order valence-electron chi connectivity index (χ0n) is 13.7. The number of hydrogen-bond acceptors (Lipinski definition) is 5. The first kappa shape index (κ1) is 17.8. The first-order valence-corrected chi connectivity index (χ1v) is 9.71. The van der Waals surface area contributed by atoms with Crippen LogP contribution in [0.4, 0.5) is 0 Å². The van der Waals surface area contributed by atoms with Crippen molar-refractivity contribution in [3.05, 3.63) is 64.5 Å². The van der Waals surface area contributed by atoms with Crippen molar-refractivity contribution in [2.75, 3.05) is 7.05 Å². The molecule has 0 aliphatic rings. The number of benzene rings is 2. The SMILES string of the molecule is Cc1ccc(-c2noc(CN(C)S(=O)(=O)c3ccc(Br)cc3)n2)cc1. The molecule has 8 heteroatoms. The summed E-state index contributed by atoms with van der Waals surface area (Å²) in [6, 6.07) is 14.2. The Morgan fingerprint density at radius 2 is 1.72 bits per heavy atom. The summed E-state index contributed by atoms with van der Waals surface area (Å²) in [5, 5.41) is 3.92. The molecule has 0 radical (unpaired) electrons. The fourth-order valence-corrected chi connectivity index (χ4v) is 3.59.